The third-order valence-electron chi connectivity index (χ3n) is 4.22. The molecule has 1 aliphatic rings. The molecule has 0 spiro atoms. The van der Waals surface area contributed by atoms with Gasteiger partial charge in [-0.05, 0) is 18.4 Å². The van der Waals surface area contributed by atoms with Gasteiger partial charge in [0, 0.05) is 38.3 Å². The van der Waals surface area contributed by atoms with Crippen LogP contribution in [0.25, 0.3) is 0 Å². The average molecular weight is 328 g/mol. The minimum Gasteiger partial charge on any atom is -0.396 e. The monoisotopic (exact) mass is 328 g/mol. The van der Waals surface area contributed by atoms with Gasteiger partial charge in [-0.2, -0.15) is 4.98 Å². The third-order valence-corrected chi connectivity index (χ3v) is 4.22. The maximum absolute atomic E-state index is 9.21. The van der Waals surface area contributed by atoms with Gasteiger partial charge in [-0.15, -0.1) is 0 Å². The van der Waals surface area contributed by atoms with E-state index >= 15 is 0 Å². The summed E-state index contributed by atoms with van der Waals surface area (Å²) in [5, 5.41) is 9.21. The fourth-order valence-corrected chi connectivity index (χ4v) is 2.95. The Balaban J connectivity index is 1.85. The lowest BCUT2D eigenvalue weighted by atomic mass is 10.0. The molecule has 0 bridgehead atoms. The summed E-state index contributed by atoms with van der Waals surface area (Å²) in [4.78, 5) is 11.0. The SMILES string of the molecule is Nc1nc(C2CCOC2)cc(N(CCCO)Cc2ccccc2)n1. The number of nitrogens with zero attached hydrogens (tertiary/aromatic N) is 3. The fourth-order valence-electron chi connectivity index (χ4n) is 2.95. The molecule has 1 saturated heterocycles. The molecule has 3 rings (SSSR count). The summed E-state index contributed by atoms with van der Waals surface area (Å²) in [6.45, 7) is 3.03. The van der Waals surface area contributed by atoms with Gasteiger partial charge in [-0.25, -0.2) is 4.98 Å². The first-order valence-electron chi connectivity index (χ1n) is 8.38. The zero-order chi connectivity index (χ0) is 16.8. The molecule has 0 saturated carbocycles. The van der Waals surface area contributed by atoms with Crippen LogP contribution in [0.5, 0.6) is 0 Å². The van der Waals surface area contributed by atoms with Crippen molar-refractivity contribution in [3.05, 3.63) is 47.7 Å². The molecular formula is C18H24N4O2. The van der Waals surface area contributed by atoms with Gasteiger partial charge in [0.25, 0.3) is 0 Å². The van der Waals surface area contributed by atoms with Gasteiger partial charge >= 0.3 is 0 Å². The highest BCUT2D eigenvalue weighted by Gasteiger charge is 2.21. The van der Waals surface area contributed by atoms with E-state index in [0.29, 0.717) is 19.6 Å². The third kappa shape index (κ3) is 4.21. The molecule has 1 aromatic heterocycles. The van der Waals surface area contributed by atoms with Crippen molar-refractivity contribution in [1.29, 1.82) is 0 Å². The Kier molecular flexibility index (Phi) is 5.61. The number of ether oxygens (including phenoxy) is 1. The lowest BCUT2D eigenvalue weighted by Crippen LogP contribution is -2.26. The number of hydrogen-bond donors (Lipinski definition) is 2. The number of hydrogen-bond acceptors (Lipinski definition) is 6. The first kappa shape index (κ1) is 16.7. The Hall–Kier alpha value is -2.18. The first-order valence-corrected chi connectivity index (χ1v) is 8.38. The Labute approximate surface area is 142 Å². The minimum absolute atomic E-state index is 0.148. The Morgan fingerprint density at radius 3 is 2.79 bits per heavy atom. The molecule has 2 heterocycles. The molecule has 1 aliphatic heterocycles. The van der Waals surface area contributed by atoms with Crippen LogP contribution in [0.3, 0.4) is 0 Å². The molecule has 2 aromatic rings. The normalized spacial score (nSPS) is 17.1. The zero-order valence-electron chi connectivity index (χ0n) is 13.8. The number of benzene rings is 1. The van der Waals surface area contributed by atoms with Gasteiger partial charge in [0.15, 0.2) is 0 Å². The van der Waals surface area contributed by atoms with Crippen LogP contribution in [-0.4, -0.2) is 41.4 Å². The van der Waals surface area contributed by atoms with Crippen LogP contribution < -0.4 is 10.6 Å². The van der Waals surface area contributed by atoms with Crippen molar-refractivity contribution in [3.63, 3.8) is 0 Å². The van der Waals surface area contributed by atoms with Crippen molar-refractivity contribution in [2.75, 3.05) is 37.0 Å². The van der Waals surface area contributed by atoms with Crippen molar-refractivity contribution in [2.24, 2.45) is 0 Å². The molecular weight excluding hydrogens is 304 g/mol. The first-order chi connectivity index (χ1) is 11.8. The molecule has 0 radical (unpaired) electrons. The molecule has 0 aliphatic carbocycles. The van der Waals surface area contributed by atoms with E-state index in [4.69, 9.17) is 10.5 Å². The summed E-state index contributed by atoms with van der Waals surface area (Å²) < 4.78 is 5.46. The van der Waals surface area contributed by atoms with Gasteiger partial charge in [0.2, 0.25) is 5.95 Å². The molecule has 128 valence electrons. The highest BCUT2D eigenvalue weighted by molar-refractivity contribution is 5.45. The van der Waals surface area contributed by atoms with E-state index in [9.17, 15) is 5.11 Å². The van der Waals surface area contributed by atoms with E-state index in [1.807, 2.05) is 24.3 Å². The maximum atomic E-state index is 9.21. The number of aliphatic hydroxyl groups is 1. The molecule has 6 nitrogen and oxygen atoms in total. The maximum Gasteiger partial charge on any atom is 0.222 e. The summed E-state index contributed by atoms with van der Waals surface area (Å²) in [6, 6.07) is 12.2. The number of aromatic nitrogens is 2. The summed E-state index contributed by atoms with van der Waals surface area (Å²) in [7, 11) is 0. The summed E-state index contributed by atoms with van der Waals surface area (Å²) >= 11 is 0. The van der Waals surface area contributed by atoms with Crippen molar-refractivity contribution in [2.45, 2.75) is 25.3 Å². The van der Waals surface area contributed by atoms with Gasteiger partial charge in [-0.1, -0.05) is 30.3 Å². The quantitative estimate of drug-likeness (QED) is 0.808. The van der Waals surface area contributed by atoms with Gasteiger partial charge in [-0.3, -0.25) is 0 Å². The Morgan fingerprint density at radius 2 is 2.08 bits per heavy atom. The van der Waals surface area contributed by atoms with E-state index in [1.54, 1.807) is 0 Å². The van der Waals surface area contributed by atoms with E-state index < -0.39 is 0 Å². The molecule has 1 unspecified atom stereocenters. The van der Waals surface area contributed by atoms with Crippen LogP contribution in [0.4, 0.5) is 11.8 Å². The molecule has 0 amide bonds. The van der Waals surface area contributed by atoms with Crippen LogP contribution in [0, 0.1) is 0 Å². The van der Waals surface area contributed by atoms with Crippen LogP contribution >= 0.6 is 0 Å². The van der Waals surface area contributed by atoms with Gasteiger partial charge in [0.1, 0.15) is 5.82 Å². The number of anilines is 2. The van der Waals surface area contributed by atoms with Crippen molar-refractivity contribution in [3.8, 4) is 0 Å². The van der Waals surface area contributed by atoms with E-state index in [0.717, 1.165) is 31.1 Å². The Bertz CT molecular complexity index is 645. The topological polar surface area (TPSA) is 84.5 Å². The molecule has 1 fully saturated rings. The molecule has 1 atom stereocenters. The molecule has 24 heavy (non-hydrogen) atoms. The summed E-state index contributed by atoms with van der Waals surface area (Å²) in [5.74, 6) is 1.38. The number of aliphatic hydroxyl groups excluding tert-OH is 1. The fraction of sp³-hybridized carbons (Fsp3) is 0.444. The average Bonchev–Trinajstić information content (AvgIpc) is 3.13. The largest absolute Gasteiger partial charge is 0.396 e. The zero-order valence-corrected chi connectivity index (χ0v) is 13.8. The van der Waals surface area contributed by atoms with Crippen molar-refractivity contribution < 1.29 is 9.84 Å². The number of nitrogens with two attached hydrogens (primary N) is 1. The Morgan fingerprint density at radius 1 is 1.25 bits per heavy atom. The predicted molar refractivity (Wildman–Crippen MR) is 93.8 cm³/mol. The lowest BCUT2D eigenvalue weighted by molar-refractivity contribution is 0.193. The van der Waals surface area contributed by atoms with Crippen LogP contribution in [0.15, 0.2) is 36.4 Å². The highest BCUT2D eigenvalue weighted by atomic mass is 16.5. The van der Waals surface area contributed by atoms with Crippen molar-refractivity contribution >= 4 is 11.8 Å². The highest BCUT2D eigenvalue weighted by Crippen LogP contribution is 2.27. The number of rotatable bonds is 7. The van der Waals surface area contributed by atoms with Crippen LogP contribution in [-0.2, 0) is 11.3 Å². The standard InChI is InChI=1S/C18H24N4O2/c19-18-20-16(15-7-10-24-13-15)11-17(21-18)22(8-4-9-23)12-14-5-2-1-3-6-14/h1-3,5-6,11,15,23H,4,7-10,12-13H2,(H2,19,20,21). The molecule has 6 heteroatoms. The van der Waals surface area contributed by atoms with Crippen LogP contribution in [0.2, 0.25) is 0 Å². The second kappa shape index (κ2) is 8.08. The van der Waals surface area contributed by atoms with Crippen LogP contribution in [0.1, 0.15) is 30.0 Å². The second-order valence-electron chi connectivity index (χ2n) is 6.05. The van der Waals surface area contributed by atoms with Crippen molar-refractivity contribution in [1.82, 2.24) is 9.97 Å². The van der Waals surface area contributed by atoms with E-state index in [1.165, 1.54) is 5.56 Å². The molecule has 1 aromatic carbocycles. The van der Waals surface area contributed by atoms with E-state index in [2.05, 4.69) is 27.0 Å². The smallest absolute Gasteiger partial charge is 0.222 e. The number of nitrogen functional groups attached to an aromatic ring is 1. The minimum atomic E-state index is 0.148. The lowest BCUT2D eigenvalue weighted by Gasteiger charge is -2.24. The summed E-state index contributed by atoms with van der Waals surface area (Å²) in [6.07, 6.45) is 1.64. The van der Waals surface area contributed by atoms with Gasteiger partial charge < -0.3 is 20.5 Å². The second-order valence-corrected chi connectivity index (χ2v) is 6.05. The predicted octanol–water partition coefficient (Wildman–Crippen LogP) is 1.95. The van der Waals surface area contributed by atoms with E-state index in [-0.39, 0.29) is 18.5 Å². The molecule has 3 N–H and O–H groups in total. The van der Waals surface area contributed by atoms with Gasteiger partial charge in [0.05, 0.1) is 12.3 Å². The summed E-state index contributed by atoms with van der Waals surface area (Å²) in [5.41, 5.74) is 8.08.